The van der Waals surface area contributed by atoms with E-state index >= 15 is 0 Å². The topological polar surface area (TPSA) is 83.5 Å². The van der Waals surface area contributed by atoms with Gasteiger partial charge in [-0.25, -0.2) is 0 Å². The molecule has 1 heterocycles. The fourth-order valence-corrected chi connectivity index (χ4v) is 0.356. The first-order valence-corrected chi connectivity index (χ1v) is 2.31. The van der Waals surface area contributed by atoms with Gasteiger partial charge in [-0.2, -0.15) is 0 Å². The first kappa shape index (κ1) is 8.35. The molecule has 54 valence electrons. The summed E-state index contributed by atoms with van der Waals surface area (Å²) >= 11 is 0. The number of hydrogen-bond acceptors (Lipinski definition) is 3. The minimum absolute atomic E-state index is 0.250. The summed E-state index contributed by atoms with van der Waals surface area (Å²) in [5.41, 5.74) is 0. The van der Waals surface area contributed by atoms with E-state index in [2.05, 4.69) is 0 Å². The second kappa shape index (κ2) is 4.25. The van der Waals surface area contributed by atoms with Crippen molar-refractivity contribution in [1.29, 1.82) is 0 Å². The van der Waals surface area contributed by atoms with Crippen molar-refractivity contribution in [2.75, 3.05) is 0 Å². The Hall–Kier alpha value is -1.65. The molecule has 5 heteroatoms. The number of nitrogens with one attached hydrogen (secondary N) is 1. The van der Waals surface area contributed by atoms with Gasteiger partial charge in [-0.15, -0.1) is 0 Å². The highest BCUT2D eigenvalue weighted by atomic mass is 16.3. The predicted octanol–water partition coefficient (Wildman–Crippen LogP) is -1.10. The Kier molecular flexibility index (Phi) is 3.55. The molecule has 10 heavy (non-hydrogen) atoms. The van der Waals surface area contributed by atoms with Gasteiger partial charge in [0.2, 0.25) is 0 Å². The van der Waals surface area contributed by atoms with Gasteiger partial charge in [0.1, 0.15) is 0 Å². The minimum atomic E-state index is -0.329. The lowest BCUT2D eigenvalue weighted by Gasteiger charge is -1.80. The molecule has 0 aromatic carbocycles. The third-order valence-electron chi connectivity index (χ3n) is 0.632. The van der Waals surface area contributed by atoms with E-state index in [0.29, 0.717) is 0 Å². The third-order valence-corrected chi connectivity index (χ3v) is 0.632. The Morgan fingerprint density at radius 3 is 1.70 bits per heavy atom. The normalized spacial score (nSPS) is 13.6. The maximum atomic E-state index is 10.0. The molecule has 0 aromatic rings. The molecule has 0 radical (unpaired) electrons. The van der Waals surface area contributed by atoms with E-state index in [1.54, 1.807) is 0 Å². The maximum Gasteiger partial charge on any atom is 0.290 e. The Morgan fingerprint density at radius 1 is 1.30 bits per heavy atom. The van der Waals surface area contributed by atoms with Crippen LogP contribution in [0.25, 0.3) is 0 Å². The molecule has 5 nitrogen and oxygen atoms in total. The number of imide groups is 1. The van der Waals surface area contributed by atoms with Crippen molar-refractivity contribution in [3.63, 3.8) is 0 Å². The minimum Gasteiger partial charge on any atom is -0.483 e. The van der Waals surface area contributed by atoms with Crippen LogP contribution in [-0.4, -0.2) is 23.4 Å². The van der Waals surface area contributed by atoms with Crippen LogP contribution in [0, 0.1) is 0 Å². The van der Waals surface area contributed by atoms with Crippen LogP contribution in [-0.2, 0) is 14.4 Å². The van der Waals surface area contributed by atoms with Crippen LogP contribution in [0.1, 0.15) is 0 Å². The smallest absolute Gasteiger partial charge is 0.290 e. The summed E-state index contributed by atoms with van der Waals surface area (Å²) in [6, 6.07) is 0. The molecule has 0 bridgehead atoms. The second-order valence-electron chi connectivity index (χ2n) is 1.29. The summed E-state index contributed by atoms with van der Waals surface area (Å²) in [5, 5.41) is 8.92. The summed E-state index contributed by atoms with van der Waals surface area (Å²) in [6.45, 7) is -0.250. The second-order valence-corrected chi connectivity index (χ2v) is 1.29. The highest BCUT2D eigenvalue weighted by Gasteiger charge is 2.06. The van der Waals surface area contributed by atoms with Crippen LogP contribution in [0.4, 0.5) is 0 Å². The molecule has 1 rings (SSSR count). The fourth-order valence-electron chi connectivity index (χ4n) is 0.356. The highest BCUT2D eigenvalue weighted by molar-refractivity contribution is 6.12. The molecule has 0 atom stereocenters. The lowest BCUT2D eigenvalue weighted by molar-refractivity contribution is -0.124. The van der Waals surface area contributed by atoms with Gasteiger partial charge in [0.25, 0.3) is 18.3 Å². The van der Waals surface area contributed by atoms with Gasteiger partial charge >= 0.3 is 0 Å². The largest absolute Gasteiger partial charge is 0.483 e. The molecule has 0 fully saturated rings. The molecule has 1 aliphatic heterocycles. The zero-order chi connectivity index (χ0) is 7.98. The van der Waals surface area contributed by atoms with Crippen molar-refractivity contribution in [2.24, 2.45) is 0 Å². The van der Waals surface area contributed by atoms with Gasteiger partial charge in [0.05, 0.1) is 0 Å². The monoisotopic (exact) mass is 143 g/mol. The number of carbonyl (C=O) groups excluding carboxylic acids is 2. The van der Waals surface area contributed by atoms with E-state index in [9.17, 15) is 9.59 Å². The molecule has 0 saturated heterocycles. The van der Waals surface area contributed by atoms with Crippen LogP contribution in [0.2, 0.25) is 0 Å². The van der Waals surface area contributed by atoms with Gasteiger partial charge in [0.15, 0.2) is 0 Å². The molecule has 0 saturated carbocycles. The standard InChI is InChI=1S/C4H3NO2.CH2O2/c6-3-1-2-4(7)5-3;2-1-3/h1-2H,(H,5,6,7);1H,(H,2,3). The molecule has 2 N–H and O–H groups in total. The van der Waals surface area contributed by atoms with Gasteiger partial charge in [-0.1, -0.05) is 0 Å². The van der Waals surface area contributed by atoms with Crippen molar-refractivity contribution in [2.45, 2.75) is 0 Å². The van der Waals surface area contributed by atoms with Crippen molar-refractivity contribution in [3.05, 3.63) is 12.2 Å². The third kappa shape index (κ3) is 3.36. The molecule has 0 unspecified atom stereocenters. The fraction of sp³-hybridized carbons (Fsp3) is 0. The van der Waals surface area contributed by atoms with E-state index in [0.717, 1.165) is 0 Å². The summed E-state index contributed by atoms with van der Waals surface area (Å²) in [5.74, 6) is -0.657. The van der Waals surface area contributed by atoms with E-state index in [4.69, 9.17) is 9.90 Å². The van der Waals surface area contributed by atoms with E-state index < -0.39 is 0 Å². The Balaban J connectivity index is 0.000000236. The van der Waals surface area contributed by atoms with Gasteiger partial charge < -0.3 is 5.11 Å². The first-order chi connectivity index (χ1) is 4.70. The molecule has 0 aromatic heterocycles. The quantitative estimate of drug-likeness (QED) is 0.333. The van der Waals surface area contributed by atoms with Crippen LogP contribution >= 0.6 is 0 Å². The zero-order valence-corrected chi connectivity index (χ0v) is 4.90. The number of carboxylic acid groups (broad SMARTS) is 1. The summed E-state index contributed by atoms with van der Waals surface area (Å²) in [6.07, 6.45) is 2.39. The van der Waals surface area contributed by atoms with E-state index in [1.807, 2.05) is 5.32 Å². The molecule has 0 spiro atoms. The summed E-state index contributed by atoms with van der Waals surface area (Å²) < 4.78 is 0. The van der Waals surface area contributed by atoms with E-state index in [-0.39, 0.29) is 18.3 Å². The molecule has 1 aliphatic rings. The first-order valence-electron chi connectivity index (χ1n) is 2.31. The van der Waals surface area contributed by atoms with Crippen molar-refractivity contribution >= 4 is 18.3 Å². The lowest BCUT2D eigenvalue weighted by Crippen LogP contribution is -2.19. The lowest BCUT2D eigenvalue weighted by atomic mass is 10.6. The molecular formula is C5H5NO4. The number of carbonyl (C=O) groups is 3. The van der Waals surface area contributed by atoms with Crippen LogP contribution < -0.4 is 5.32 Å². The van der Waals surface area contributed by atoms with Crippen molar-refractivity contribution in [1.82, 2.24) is 5.32 Å². The average molecular weight is 143 g/mol. The highest BCUT2D eigenvalue weighted by Crippen LogP contribution is 1.82. The summed E-state index contributed by atoms with van der Waals surface area (Å²) in [7, 11) is 0. The molecule has 0 aliphatic carbocycles. The Morgan fingerprint density at radius 2 is 1.60 bits per heavy atom. The molecular weight excluding hydrogens is 138 g/mol. The van der Waals surface area contributed by atoms with Gasteiger partial charge in [-0.3, -0.25) is 19.7 Å². The summed E-state index contributed by atoms with van der Waals surface area (Å²) in [4.78, 5) is 28.4. The predicted molar refractivity (Wildman–Crippen MR) is 31.0 cm³/mol. The van der Waals surface area contributed by atoms with Gasteiger partial charge in [-0.05, 0) is 0 Å². The van der Waals surface area contributed by atoms with Crippen LogP contribution in [0.15, 0.2) is 12.2 Å². The van der Waals surface area contributed by atoms with Crippen molar-refractivity contribution < 1.29 is 19.5 Å². The van der Waals surface area contributed by atoms with Gasteiger partial charge in [0, 0.05) is 12.2 Å². The van der Waals surface area contributed by atoms with Crippen LogP contribution in [0.3, 0.4) is 0 Å². The number of rotatable bonds is 0. The average Bonchev–Trinajstić information content (AvgIpc) is 2.17. The number of amides is 2. The maximum absolute atomic E-state index is 10.0. The molecule has 2 amide bonds. The zero-order valence-electron chi connectivity index (χ0n) is 4.90. The Bertz CT molecular complexity index is 168. The Labute approximate surface area is 56.3 Å². The van der Waals surface area contributed by atoms with Crippen LogP contribution in [0.5, 0.6) is 0 Å². The van der Waals surface area contributed by atoms with Crippen molar-refractivity contribution in [3.8, 4) is 0 Å². The SMILES string of the molecule is O=C1C=CC(=O)N1.O=CO. The van der Waals surface area contributed by atoms with E-state index in [1.165, 1.54) is 12.2 Å². The number of hydrogen-bond donors (Lipinski definition) is 2.